The Morgan fingerprint density at radius 1 is 1.15 bits per heavy atom. The van der Waals surface area contributed by atoms with Gasteiger partial charge in [-0.3, -0.25) is 4.79 Å². The predicted molar refractivity (Wildman–Crippen MR) is 125 cm³/mol. The molecular weight excluding hydrogens is 463 g/mol. The molecule has 6 nitrogen and oxygen atoms in total. The fourth-order valence-electron chi connectivity index (χ4n) is 4.05. The van der Waals surface area contributed by atoms with Gasteiger partial charge in [0.05, 0.1) is 24.1 Å². The topological polar surface area (TPSA) is 66.9 Å². The highest BCUT2D eigenvalue weighted by molar-refractivity contribution is 7.89. The molecule has 0 N–H and O–H groups in total. The number of halogens is 1. The number of methoxy groups -OCH3 is 1. The lowest BCUT2D eigenvalue weighted by molar-refractivity contribution is -0.133. The fourth-order valence-corrected chi connectivity index (χ4v) is 6.35. The Bertz CT molecular complexity index is 1200. The van der Waals surface area contributed by atoms with Crippen LogP contribution in [0.3, 0.4) is 0 Å². The number of hydrogen-bond donors (Lipinski definition) is 0. The maximum absolute atomic E-state index is 13.6. The van der Waals surface area contributed by atoms with Gasteiger partial charge >= 0.3 is 0 Å². The second-order valence-electron chi connectivity index (χ2n) is 7.73. The summed E-state index contributed by atoms with van der Waals surface area (Å²) in [5.74, 6) is -0.658. The Kier molecular flexibility index (Phi) is 7.23. The molecule has 1 amide bonds. The summed E-state index contributed by atoms with van der Waals surface area (Å²) in [4.78, 5) is 16.5. The number of carbonyl (C=O) groups excluding carboxylic acids is 1. The second kappa shape index (κ2) is 10.1. The summed E-state index contributed by atoms with van der Waals surface area (Å²) in [5.41, 5.74) is 1.79. The van der Waals surface area contributed by atoms with Gasteiger partial charge < -0.3 is 9.64 Å². The first-order valence-corrected chi connectivity index (χ1v) is 12.9. The van der Waals surface area contributed by atoms with E-state index in [1.807, 2.05) is 11.4 Å². The molecule has 2 heterocycles. The van der Waals surface area contributed by atoms with Crippen molar-refractivity contribution in [3.63, 3.8) is 0 Å². The minimum Gasteiger partial charge on any atom is -0.383 e. The average molecular weight is 489 g/mol. The fraction of sp³-hybridized carbons (Fsp3) is 0.292. The van der Waals surface area contributed by atoms with Crippen LogP contribution in [-0.4, -0.2) is 56.9 Å². The summed E-state index contributed by atoms with van der Waals surface area (Å²) in [6.45, 7) is 0.364. The SMILES string of the molecule is COCCN(CC(=O)N1CCc2sccc2C1c1ccc(F)cc1)S(=O)(=O)c1ccccc1. The van der Waals surface area contributed by atoms with Crippen LogP contribution in [0.4, 0.5) is 4.39 Å². The molecule has 0 saturated heterocycles. The number of sulfonamides is 1. The highest BCUT2D eigenvalue weighted by Gasteiger charge is 2.35. The standard InChI is InChI=1S/C24H25FN2O4S2/c1-31-15-14-26(33(29,30)20-5-3-2-4-6-20)17-23(28)27-13-11-22-21(12-16-32-22)24(27)18-7-9-19(25)10-8-18/h2-10,12,16,24H,11,13-15,17H2,1H3. The molecule has 1 unspecified atom stereocenters. The minimum absolute atomic E-state index is 0.0538. The van der Waals surface area contributed by atoms with Crippen LogP contribution in [-0.2, 0) is 26.0 Å². The molecule has 4 rings (SSSR count). The lowest BCUT2D eigenvalue weighted by atomic mass is 9.93. The van der Waals surface area contributed by atoms with Gasteiger partial charge in [0.25, 0.3) is 0 Å². The molecule has 3 aromatic rings. The molecule has 2 aromatic carbocycles. The normalized spacial score (nSPS) is 16.1. The lowest BCUT2D eigenvalue weighted by Gasteiger charge is -2.37. The van der Waals surface area contributed by atoms with Gasteiger partial charge in [0.15, 0.2) is 0 Å². The van der Waals surface area contributed by atoms with Gasteiger partial charge in [-0.25, -0.2) is 12.8 Å². The molecule has 9 heteroatoms. The first-order chi connectivity index (χ1) is 15.9. The largest absolute Gasteiger partial charge is 0.383 e. The van der Waals surface area contributed by atoms with Crippen LogP contribution < -0.4 is 0 Å². The molecule has 1 aromatic heterocycles. The predicted octanol–water partition coefficient (Wildman–Crippen LogP) is 3.70. The van der Waals surface area contributed by atoms with Crippen molar-refractivity contribution < 1.29 is 22.3 Å². The Balaban J connectivity index is 1.65. The van der Waals surface area contributed by atoms with Crippen LogP contribution >= 0.6 is 11.3 Å². The quantitative estimate of drug-likeness (QED) is 0.485. The average Bonchev–Trinajstić information content (AvgIpc) is 3.31. The zero-order valence-corrected chi connectivity index (χ0v) is 19.8. The number of amides is 1. The van der Waals surface area contributed by atoms with Gasteiger partial charge in [-0.1, -0.05) is 30.3 Å². The molecule has 0 fully saturated rings. The van der Waals surface area contributed by atoms with Crippen molar-refractivity contribution in [1.82, 2.24) is 9.21 Å². The van der Waals surface area contributed by atoms with Crippen molar-refractivity contribution in [2.24, 2.45) is 0 Å². The first-order valence-electron chi connectivity index (χ1n) is 10.6. The summed E-state index contributed by atoms with van der Waals surface area (Å²) >= 11 is 1.63. The first kappa shape index (κ1) is 23.6. The van der Waals surface area contributed by atoms with Crippen LogP contribution in [0.1, 0.15) is 22.0 Å². The van der Waals surface area contributed by atoms with Crippen LogP contribution in [0.5, 0.6) is 0 Å². The Labute approximate surface area is 197 Å². The molecule has 0 saturated carbocycles. The third-order valence-corrected chi connectivity index (χ3v) is 8.57. The van der Waals surface area contributed by atoms with Gasteiger partial charge in [0, 0.05) is 25.1 Å². The maximum atomic E-state index is 13.6. The number of nitrogens with zero attached hydrogens (tertiary/aromatic N) is 2. The molecule has 1 aliphatic rings. The van der Waals surface area contributed by atoms with Gasteiger partial charge in [0.2, 0.25) is 15.9 Å². The number of fused-ring (bicyclic) bond motifs is 1. The van der Waals surface area contributed by atoms with E-state index in [1.54, 1.807) is 46.6 Å². The van der Waals surface area contributed by atoms with Gasteiger partial charge in [-0.05, 0) is 53.3 Å². The van der Waals surface area contributed by atoms with E-state index in [4.69, 9.17) is 4.74 Å². The molecule has 0 bridgehead atoms. The van der Waals surface area contributed by atoms with E-state index in [0.29, 0.717) is 13.0 Å². The Morgan fingerprint density at radius 3 is 2.58 bits per heavy atom. The monoisotopic (exact) mass is 488 g/mol. The van der Waals surface area contributed by atoms with Crippen molar-refractivity contribution in [2.45, 2.75) is 17.4 Å². The van der Waals surface area contributed by atoms with Crippen molar-refractivity contribution in [1.29, 1.82) is 0 Å². The van der Waals surface area contributed by atoms with Gasteiger partial charge in [-0.15, -0.1) is 11.3 Å². The highest BCUT2D eigenvalue weighted by Crippen LogP contribution is 2.38. The molecule has 1 atom stereocenters. The molecule has 1 aliphatic heterocycles. The van der Waals surface area contributed by atoms with Crippen LogP contribution in [0.15, 0.2) is 70.9 Å². The van der Waals surface area contributed by atoms with Crippen molar-refractivity contribution >= 4 is 27.3 Å². The van der Waals surface area contributed by atoms with E-state index < -0.39 is 16.1 Å². The Morgan fingerprint density at radius 2 is 1.88 bits per heavy atom. The lowest BCUT2D eigenvalue weighted by Crippen LogP contribution is -2.47. The third-order valence-electron chi connectivity index (χ3n) is 5.71. The second-order valence-corrected chi connectivity index (χ2v) is 10.7. The number of thiophene rings is 1. The zero-order chi connectivity index (χ0) is 23.4. The van der Waals surface area contributed by atoms with E-state index in [0.717, 1.165) is 11.1 Å². The van der Waals surface area contributed by atoms with E-state index >= 15 is 0 Å². The maximum Gasteiger partial charge on any atom is 0.243 e. The molecule has 0 spiro atoms. The minimum atomic E-state index is -3.89. The van der Waals surface area contributed by atoms with Crippen LogP contribution in [0, 0.1) is 5.82 Å². The van der Waals surface area contributed by atoms with E-state index in [2.05, 4.69) is 0 Å². The Hall–Kier alpha value is -2.59. The number of carbonyl (C=O) groups is 1. The van der Waals surface area contributed by atoms with E-state index in [-0.39, 0.29) is 36.3 Å². The number of benzene rings is 2. The molecule has 0 radical (unpaired) electrons. The number of hydrogen-bond acceptors (Lipinski definition) is 5. The van der Waals surface area contributed by atoms with Crippen molar-refractivity contribution in [3.8, 4) is 0 Å². The van der Waals surface area contributed by atoms with Crippen molar-refractivity contribution in [2.75, 3.05) is 33.4 Å². The summed E-state index contributed by atoms with van der Waals surface area (Å²) in [6, 6.07) is 15.8. The summed E-state index contributed by atoms with van der Waals surface area (Å²) in [6.07, 6.45) is 0.694. The highest BCUT2D eigenvalue weighted by atomic mass is 32.2. The smallest absolute Gasteiger partial charge is 0.243 e. The van der Waals surface area contributed by atoms with Crippen molar-refractivity contribution in [3.05, 3.63) is 87.9 Å². The van der Waals surface area contributed by atoms with Crippen LogP contribution in [0.25, 0.3) is 0 Å². The number of ether oxygens (including phenoxy) is 1. The molecule has 0 aliphatic carbocycles. The summed E-state index contributed by atoms with van der Waals surface area (Å²) in [5, 5.41) is 1.99. The zero-order valence-electron chi connectivity index (χ0n) is 18.2. The van der Waals surface area contributed by atoms with E-state index in [1.165, 1.54) is 40.6 Å². The van der Waals surface area contributed by atoms with Crippen LogP contribution in [0.2, 0.25) is 0 Å². The number of rotatable bonds is 8. The third kappa shape index (κ3) is 5.01. The molecule has 33 heavy (non-hydrogen) atoms. The summed E-state index contributed by atoms with van der Waals surface area (Å²) < 4.78 is 46.4. The molecular formula is C24H25FN2O4S2. The summed E-state index contributed by atoms with van der Waals surface area (Å²) in [7, 11) is -2.40. The van der Waals surface area contributed by atoms with Gasteiger partial charge in [0.1, 0.15) is 5.82 Å². The van der Waals surface area contributed by atoms with E-state index in [9.17, 15) is 17.6 Å². The molecule has 174 valence electrons. The van der Waals surface area contributed by atoms with Gasteiger partial charge in [-0.2, -0.15) is 4.31 Å².